The molecule has 0 atom stereocenters. The zero-order valence-corrected chi connectivity index (χ0v) is 11.6. The van der Waals surface area contributed by atoms with Crippen LogP contribution in [0.3, 0.4) is 0 Å². The lowest BCUT2D eigenvalue weighted by atomic mass is 10.00. The minimum Gasteiger partial charge on any atom is -0.481 e. The summed E-state index contributed by atoms with van der Waals surface area (Å²) in [6, 6.07) is 6.65. The van der Waals surface area contributed by atoms with Crippen molar-refractivity contribution in [3.8, 4) is 0 Å². The molecule has 0 aliphatic carbocycles. The normalized spacial score (nSPS) is 16.5. The van der Waals surface area contributed by atoms with Gasteiger partial charge in [0.25, 0.3) is 0 Å². The summed E-state index contributed by atoms with van der Waals surface area (Å²) in [5.74, 6) is -1.26. The summed E-state index contributed by atoms with van der Waals surface area (Å²) in [5, 5.41) is 8.86. The molecule has 0 radical (unpaired) electrons. The fourth-order valence-corrected chi connectivity index (χ4v) is 3.07. The monoisotopic (exact) mass is 284 g/mol. The Bertz CT molecular complexity index is 592. The molecule has 1 heterocycles. The van der Waals surface area contributed by atoms with Crippen molar-refractivity contribution in [3.63, 3.8) is 0 Å². The van der Waals surface area contributed by atoms with Gasteiger partial charge < -0.3 is 10.0 Å². The van der Waals surface area contributed by atoms with Gasteiger partial charge >= 0.3 is 5.97 Å². The highest BCUT2D eigenvalue weighted by Crippen LogP contribution is 2.31. The number of para-hydroxylation sites is 1. The van der Waals surface area contributed by atoms with Gasteiger partial charge in [0.2, 0.25) is 10.0 Å². The predicted molar refractivity (Wildman–Crippen MR) is 70.7 cm³/mol. The van der Waals surface area contributed by atoms with Crippen molar-refractivity contribution in [3.05, 3.63) is 24.3 Å². The van der Waals surface area contributed by atoms with E-state index < -0.39 is 21.9 Å². The smallest absolute Gasteiger partial charge is 0.310 e. The van der Waals surface area contributed by atoms with Crippen LogP contribution >= 0.6 is 0 Å². The van der Waals surface area contributed by atoms with Crippen molar-refractivity contribution in [1.82, 2.24) is 4.31 Å². The Morgan fingerprint density at radius 1 is 1.32 bits per heavy atom. The van der Waals surface area contributed by atoms with Crippen molar-refractivity contribution < 1.29 is 18.3 Å². The molecule has 1 aromatic rings. The molecule has 1 saturated heterocycles. The lowest BCUT2D eigenvalue weighted by molar-refractivity contribution is -0.142. The number of carbonyl (C=O) groups is 1. The first kappa shape index (κ1) is 13.8. The molecule has 0 aromatic heterocycles. The number of aliphatic carboxylic acids is 1. The highest BCUT2D eigenvalue weighted by Gasteiger charge is 2.35. The van der Waals surface area contributed by atoms with Crippen LogP contribution in [-0.4, -0.2) is 51.0 Å². The first-order chi connectivity index (χ1) is 8.84. The van der Waals surface area contributed by atoms with Gasteiger partial charge in [-0.25, -0.2) is 12.7 Å². The van der Waals surface area contributed by atoms with Crippen molar-refractivity contribution in [1.29, 1.82) is 0 Å². The van der Waals surface area contributed by atoms with Gasteiger partial charge in [0, 0.05) is 27.2 Å². The molecule has 19 heavy (non-hydrogen) atoms. The number of hydrogen-bond acceptors (Lipinski definition) is 4. The third-order valence-electron chi connectivity index (χ3n) is 3.20. The van der Waals surface area contributed by atoms with Gasteiger partial charge in [-0.3, -0.25) is 4.79 Å². The van der Waals surface area contributed by atoms with Crippen LogP contribution in [0.4, 0.5) is 5.69 Å². The second-order valence-corrected chi connectivity index (χ2v) is 6.82. The minimum absolute atomic E-state index is 0.212. The fraction of sp³-hybridized carbons (Fsp3) is 0.417. The summed E-state index contributed by atoms with van der Waals surface area (Å²) in [6.45, 7) is 0.685. The SMILES string of the molecule is CN(C)S(=O)(=O)c1ccccc1N1CC(C(=O)O)C1. The van der Waals surface area contributed by atoms with Gasteiger partial charge in [0.1, 0.15) is 4.90 Å². The molecular weight excluding hydrogens is 268 g/mol. The van der Waals surface area contributed by atoms with E-state index in [1.807, 2.05) is 0 Å². The maximum absolute atomic E-state index is 12.2. The Hall–Kier alpha value is -1.60. The van der Waals surface area contributed by atoms with Crippen LogP contribution in [0.1, 0.15) is 0 Å². The fourth-order valence-electron chi connectivity index (χ4n) is 1.96. The number of nitrogens with zero attached hydrogens (tertiary/aromatic N) is 2. The highest BCUT2D eigenvalue weighted by molar-refractivity contribution is 7.89. The second kappa shape index (κ2) is 4.82. The summed E-state index contributed by atoms with van der Waals surface area (Å²) >= 11 is 0. The number of anilines is 1. The molecule has 1 aliphatic rings. The highest BCUT2D eigenvalue weighted by atomic mass is 32.2. The van der Waals surface area contributed by atoms with E-state index in [1.54, 1.807) is 29.2 Å². The zero-order valence-electron chi connectivity index (χ0n) is 10.8. The van der Waals surface area contributed by atoms with E-state index in [4.69, 9.17) is 5.11 Å². The minimum atomic E-state index is -3.52. The summed E-state index contributed by atoms with van der Waals surface area (Å²) < 4.78 is 25.5. The van der Waals surface area contributed by atoms with Crippen molar-refractivity contribution in [2.45, 2.75) is 4.90 Å². The topological polar surface area (TPSA) is 77.9 Å². The molecule has 0 bridgehead atoms. The number of benzene rings is 1. The van der Waals surface area contributed by atoms with Crippen LogP contribution < -0.4 is 4.90 Å². The quantitative estimate of drug-likeness (QED) is 0.869. The number of hydrogen-bond donors (Lipinski definition) is 1. The number of sulfonamides is 1. The third-order valence-corrected chi connectivity index (χ3v) is 5.06. The molecule has 1 fully saturated rings. The molecule has 1 aromatic carbocycles. The predicted octanol–water partition coefficient (Wildman–Crippen LogP) is 0.458. The van der Waals surface area contributed by atoms with Crippen LogP contribution in [0, 0.1) is 5.92 Å². The Morgan fingerprint density at radius 3 is 2.42 bits per heavy atom. The van der Waals surface area contributed by atoms with Crippen LogP contribution in [0.15, 0.2) is 29.2 Å². The van der Waals surface area contributed by atoms with E-state index in [0.29, 0.717) is 18.8 Å². The summed E-state index contributed by atoms with van der Waals surface area (Å²) in [6.07, 6.45) is 0. The lowest BCUT2D eigenvalue weighted by Crippen LogP contribution is -2.51. The van der Waals surface area contributed by atoms with E-state index in [0.717, 1.165) is 4.31 Å². The molecule has 0 spiro atoms. The molecule has 0 amide bonds. The van der Waals surface area contributed by atoms with Crippen LogP contribution in [0.5, 0.6) is 0 Å². The van der Waals surface area contributed by atoms with E-state index in [9.17, 15) is 13.2 Å². The Kier molecular flexibility index (Phi) is 3.51. The molecule has 7 heteroatoms. The van der Waals surface area contributed by atoms with Gasteiger partial charge in [0.05, 0.1) is 11.6 Å². The molecule has 0 saturated carbocycles. The van der Waals surface area contributed by atoms with E-state index in [1.165, 1.54) is 14.1 Å². The zero-order chi connectivity index (χ0) is 14.2. The van der Waals surface area contributed by atoms with Crippen molar-refractivity contribution in [2.75, 3.05) is 32.1 Å². The first-order valence-corrected chi connectivity index (χ1v) is 7.27. The van der Waals surface area contributed by atoms with Crippen molar-refractivity contribution in [2.24, 2.45) is 5.92 Å². The average Bonchev–Trinajstić information content (AvgIpc) is 2.26. The van der Waals surface area contributed by atoms with Gasteiger partial charge in [-0.05, 0) is 12.1 Å². The summed E-state index contributed by atoms with van der Waals surface area (Å²) in [5.41, 5.74) is 0.564. The Morgan fingerprint density at radius 2 is 1.89 bits per heavy atom. The summed E-state index contributed by atoms with van der Waals surface area (Å²) in [7, 11) is -0.573. The molecular formula is C12H16N2O4S. The largest absolute Gasteiger partial charge is 0.481 e. The maximum Gasteiger partial charge on any atom is 0.310 e. The van der Waals surface area contributed by atoms with E-state index >= 15 is 0 Å². The molecule has 2 rings (SSSR count). The number of rotatable bonds is 4. The third kappa shape index (κ3) is 2.43. The van der Waals surface area contributed by atoms with E-state index in [-0.39, 0.29) is 4.90 Å². The van der Waals surface area contributed by atoms with Gasteiger partial charge in [-0.2, -0.15) is 0 Å². The average molecular weight is 284 g/mol. The van der Waals surface area contributed by atoms with Gasteiger partial charge in [-0.15, -0.1) is 0 Å². The Labute approximate surface area is 112 Å². The Balaban J connectivity index is 2.32. The lowest BCUT2D eigenvalue weighted by Gasteiger charge is -2.39. The van der Waals surface area contributed by atoms with Crippen molar-refractivity contribution >= 4 is 21.7 Å². The molecule has 1 N–H and O–H groups in total. The second-order valence-electron chi connectivity index (χ2n) is 4.70. The van der Waals surface area contributed by atoms with Crippen LogP contribution in [0.2, 0.25) is 0 Å². The van der Waals surface area contributed by atoms with Gasteiger partial charge in [-0.1, -0.05) is 12.1 Å². The maximum atomic E-state index is 12.2. The number of carboxylic acid groups (broad SMARTS) is 1. The molecule has 6 nitrogen and oxygen atoms in total. The molecule has 104 valence electrons. The number of carboxylic acids is 1. The summed E-state index contributed by atoms with van der Waals surface area (Å²) in [4.78, 5) is 12.8. The van der Waals surface area contributed by atoms with Crippen LogP contribution in [-0.2, 0) is 14.8 Å². The molecule has 1 aliphatic heterocycles. The standard InChI is InChI=1S/C12H16N2O4S/c1-13(2)19(17,18)11-6-4-3-5-10(11)14-7-9(8-14)12(15)16/h3-6,9H,7-8H2,1-2H3,(H,15,16). The van der Waals surface area contributed by atoms with Crippen LogP contribution in [0.25, 0.3) is 0 Å². The molecule has 0 unspecified atom stereocenters. The first-order valence-electron chi connectivity index (χ1n) is 5.83. The van der Waals surface area contributed by atoms with E-state index in [2.05, 4.69) is 0 Å². The van der Waals surface area contributed by atoms with Gasteiger partial charge in [0.15, 0.2) is 0 Å².